The Morgan fingerprint density at radius 2 is 1.90 bits per heavy atom. The number of hydrogen-bond acceptors (Lipinski definition) is 3. The molecule has 1 heterocycles. The maximum Gasteiger partial charge on any atom is 0.243 e. The molecule has 1 aliphatic rings. The van der Waals surface area contributed by atoms with Gasteiger partial charge in [0.05, 0.1) is 14.9 Å². The van der Waals surface area contributed by atoms with E-state index in [9.17, 15) is 8.42 Å². The van der Waals surface area contributed by atoms with Gasteiger partial charge in [-0.3, -0.25) is 0 Å². The van der Waals surface area contributed by atoms with E-state index in [0.29, 0.717) is 30.6 Å². The van der Waals surface area contributed by atoms with Crippen LogP contribution < -0.4 is 0 Å². The predicted molar refractivity (Wildman–Crippen MR) is 79.8 cm³/mol. The fourth-order valence-corrected chi connectivity index (χ4v) is 4.20. The van der Waals surface area contributed by atoms with Crippen LogP contribution in [0.1, 0.15) is 12.8 Å². The van der Waals surface area contributed by atoms with E-state index in [0.717, 1.165) is 12.8 Å². The molecule has 7 heteroatoms. The third kappa shape index (κ3) is 3.46. The molecule has 0 aromatic heterocycles. The van der Waals surface area contributed by atoms with E-state index in [1.165, 1.54) is 22.5 Å². The van der Waals surface area contributed by atoms with Crippen molar-refractivity contribution >= 4 is 33.2 Å². The molecular weight excluding hydrogens is 321 g/mol. The Morgan fingerprint density at radius 3 is 2.45 bits per heavy atom. The van der Waals surface area contributed by atoms with Crippen molar-refractivity contribution < 1.29 is 13.2 Å². The number of ether oxygens (including phenoxy) is 1. The molecule has 0 saturated carbocycles. The van der Waals surface area contributed by atoms with Crippen LogP contribution in [-0.2, 0) is 14.8 Å². The number of sulfonamides is 1. The Morgan fingerprint density at radius 1 is 1.25 bits per heavy atom. The second-order valence-electron chi connectivity index (χ2n) is 4.88. The molecule has 0 radical (unpaired) electrons. The molecule has 0 N–H and O–H groups in total. The monoisotopic (exact) mass is 337 g/mol. The first-order valence-electron chi connectivity index (χ1n) is 6.39. The van der Waals surface area contributed by atoms with Crippen molar-refractivity contribution in [1.82, 2.24) is 4.31 Å². The molecule has 0 amide bonds. The molecule has 0 unspecified atom stereocenters. The lowest BCUT2D eigenvalue weighted by atomic mass is 9.99. The maximum absolute atomic E-state index is 12.5. The van der Waals surface area contributed by atoms with Crippen molar-refractivity contribution in [1.29, 1.82) is 0 Å². The second-order valence-corrected chi connectivity index (χ2v) is 7.63. The zero-order valence-corrected chi connectivity index (χ0v) is 13.5. The third-order valence-electron chi connectivity index (χ3n) is 3.50. The number of rotatable bonds is 4. The molecule has 1 aromatic rings. The largest absolute Gasteiger partial charge is 0.384 e. The van der Waals surface area contributed by atoms with Crippen LogP contribution in [0.4, 0.5) is 0 Å². The Balaban J connectivity index is 2.13. The molecule has 0 bridgehead atoms. The highest BCUT2D eigenvalue weighted by atomic mass is 35.5. The van der Waals surface area contributed by atoms with E-state index in [-0.39, 0.29) is 9.92 Å². The van der Waals surface area contributed by atoms with Crippen LogP contribution >= 0.6 is 23.2 Å². The molecule has 4 nitrogen and oxygen atoms in total. The number of hydrogen-bond donors (Lipinski definition) is 0. The Hall–Kier alpha value is -0.330. The van der Waals surface area contributed by atoms with Crippen LogP contribution in [0.15, 0.2) is 23.1 Å². The average Bonchev–Trinajstić information content (AvgIpc) is 2.43. The minimum absolute atomic E-state index is 0.192. The van der Waals surface area contributed by atoms with Crippen molar-refractivity contribution in [3.63, 3.8) is 0 Å². The zero-order chi connectivity index (χ0) is 14.8. The smallest absolute Gasteiger partial charge is 0.243 e. The summed E-state index contributed by atoms with van der Waals surface area (Å²) in [5, 5.41) is 0.603. The summed E-state index contributed by atoms with van der Waals surface area (Å²) in [6.45, 7) is 1.70. The summed E-state index contributed by atoms with van der Waals surface area (Å²) >= 11 is 11.7. The number of piperidine rings is 1. The first kappa shape index (κ1) is 16.0. The van der Waals surface area contributed by atoms with E-state index < -0.39 is 10.0 Å². The second kappa shape index (κ2) is 6.62. The Labute approximate surface area is 129 Å². The standard InChI is InChI=1S/C13H17Cl2NO3S/c1-19-9-10-4-6-16(7-5-10)20(17,18)11-2-3-12(14)13(15)8-11/h2-3,8,10H,4-7,9H2,1H3. The SMILES string of the molecule is COCC1CCN(S(=O)(=O)c2ccc(Cl)c(Cl)c2)CC1. The number of nitrogens with zero attached hydrogens (tertiary/aromatic N) is 1. The Bertz CT molecular complexity index is 569. The van der Waals surface area contributed by atoms with Crippen molar-refractivity contribution in [2.75, 3.05) is 26.8 Å². The van der Waals surface area contributed by atoms with E-state index in [4.69, 9.17) is 27.9 Å². The van der Waals surface area contributed by atoms with Crippen LogP contribution in [0.2, 0.25) is 10.0 Å². The summed E-state index contributed by atoms with van der Waals surface area (Å²) in [6.07, 6.45) is 1.63. The van der Waals surface area contributed by atoms with Crippen LogP contribution in [0.5, 0.6) is 0 Å². The van der Waals surface area contributed by atoms with Gasteiger partial charge in [-0.25, -0.2) is 8.42 Å². The third-order valence-corrected chi connectivity index (χ3v) is 6.14. The highest BCUT2D eigenvalue weighted by Gasteiger charge is 2.29. The first-order chi connectivity index (χ1) is 9.45. The highest BCUT2D eigenvalue weighted by molar-refractivity contribution is 7.89. The van der Waals surface area contributed by atoms with Crippen LogP contribution in [0.3, 0.4) is 0 Å². The predicted octanol–water partition coefficient (Wildman–Crippen LogP) is 3.04. The molecule has 1 saturated heterocycles. The molecule has 2 rings (SSSR count). The molecule has 1 aliphatic heterocycles. The number of halogens is 2. The maximum atomic E-state index is 12.5. The van der Waals surface area contributed by atoms with Gasteiger partial charge in [0, 0.05) is 26.8 Å². The molecule has 0 spiro atoms. The van der Waals surface area contributed by atoms with Gasteiger partial charge in [-0.15, -0.1) is 0 Å². The summed E-state index contributed by atoms with van der Waals surface area (Å²) in [5.74, 6) is 0.431. The van der Waals surface area contributed by atoms with E-state index >= 15 is 0 Å². The van der Waals surface area contributed by atoms with E-state index in [2.05, 4.69) is 0 Å². The molecule has 20 heavy (non-hydrogen) atoms. The fraction of sp³-hybridized carbons (Fsp3) is 0.538. The average molecular weight is 338 g/mol. The molecule has 1 fully saturated rings. The summed E-state index contributed by atoms with van der Waals surface area (Å²) in [4.78, 5) is 0.192. The van der Waals surface area contributed by atoms with Gasteiger partial charge in [0.1, 0.15) is 0 Å². The quantitative estimate of drug-likeness (QED) is 0.848. The van der Waals surface area contributed by atoms with Crippen molar-refractivity contribution in [3.05, 3.63) is 28.2 Å². The van der Waals surface area contributed by atoms with E-state index in [1.54, 1.807) is 7.11 Å². The van der Waals surface area contributed by atoms with E-state index in [1.807, 2.05) is 0 Å². The van der Waals surface area contributed by atoms with Gasteiger partial charge in [0.25, 0.3) is 0 Å². The summed E-state index contributed by atoms with van der Waals surface area (Å²) < 4.78 is 31.6. The van der Waals surface area contributed by atoms with Crippen LogP contribution in [0.25, 0.3) is 0 Å². The summed E-state index contributed by atoms with van der Waals surface area (Å²) in [6, 6.07) is 4.40. The van der Waals surface area contributed by atoms with Crippen LogP contribution in [-0.4, -0.2) is 39.5 Å². The number of benzene rings is 1. The number of methoxy groups -OCH3 is 1. The van der Waals surface area contributed by atoms with Gasteiger partial charge < -0.3 is 4.74 Å². The van der Waals surface area contributed by atoms with Crippen molar-refractivity contribution in [3.8, 4) is 0 Å². The minimum atomic E-state index is -3.49. The van der Waals surface area contributed by atoms with Gasteiger partial charge in [-0.2, -0.15) is 4.31 Å². The molecule has 112 valence electrons. The normalized spacial score (nSPS) is 18.4. The highest BCUT2D eigenvalue weighted by Crippen LogP contribution is 2.28. The summed E-state index contributed by atoms with van der Waals surface area (Å²) in [5.41, 5.74) is 0. The molecule has 0 atom stereocenters. The fourth-order valence-electron chi connectivity index (χ4n) is 2.34. The van der Waals surface area contributed by atoms with Gasteiger partial charge >= 0.3 is 0 Å². The van der Waals surface area contributed by atoms with Gasteiger partial charge in [-0.1, -0.05) is 23.2 Å². The Kier molecular flexibility index (Phi) is 5.31. The molecule has 0 aliphatic carbocycles. The van der Waals surface area contributed by atoms with Gasteiger partial charge in [-0.05, 0) is 37.0 Å². The van der Waals surface area contributed by atoms with Crippen molar-refractivity contribution in [2.45, 2.75) is 17.7 Å². The lowest BCUT2D eigenvalue weighted by Gasteiger charge is -2.30. The van der Waals surface area contributed by atoms with Gasteiger partial charge in [0.2, 0.25) is 10.0 Å². The molecular formula is C13H17Cl2NO3S. The minimum Gasteiger partial charge on any atom is -0.384 e. The van der Waals surface area contributed by atoms with Crippen LogP contribution in [0, 0.1) is 5.92 Å². The molecule has 1 aromatic carbocycles. The lowest BCUT2D eigenvalue weighted by molar-refractivity contribution is 0.121. The zero-order valence-electron chi connectivity index (χ0n) is 11.2. The lowest BCUT2D eigenvalue weighted by Crippen LogP contribution is -2.39. The topological polar surface area (TPSA) is 46.6 Å². The first-order valence-corrected chi connectivity index (χ1v) is 8.59. The van der Waals surface area contributed by atoms with Crippen molar-refractivity contribution in [2.24, 2.45) is 5.92 Å². The summed E-state index contributed by atoms with van der Waals surface area (Å²) in [7, 11) is -1.82. The van der Waals surface area contributed by atoms with Gasteiger partial charge in [0.15, 0.2) is 0 Å².